The molecule has 0 saturated heterocycles. The number of phenols is 1. The molecule has 0 spiro atoms. The van der Waals surface area contributed by atoms with E-state index >= 15 is 0 Å². The van der Waals surface area contributed by atoms with E-state index in [0.29, 0.717) is 0 Å². The molecule has 1 aliphatic rings. The Labute approximate surface area is 140 Å². The molecule has 1 aliphatic carbocycles. The van der Waals surface area contributed by atoms with Crippen LogP contribution in [-0.4, -0.2) is 42.8 Å². The summed E-state index contributed by atoms with van der Waals surface area (Å²) >= 11 is 0. The zero-order valence-electron chi connectivity index (χ0n) is 13.1. The van der Waals surface area contributed by atoms with Crippen LogP contribution >= 0.6 is 0 Å². The summed E-state index contributed by atoms with van der Waals surface area (Å²) in [6, 6.07) is 1.12. The first kappa shape index (κ1) is 18.5. The van der Waals surface area contributed by atoms with Crippen LogP contribution in [0.1, 0.15) is 23.6 Å². The van der Waals surface area contributed by atoms with Crippen molar-refractivity contribution in [2.45, 2.75) is 23.5 Å². The molecule has 0 radical (unpaired) electrons. The van der Waals surface area contributed by atoms with E-state index in [1.54, 1.807) is 0 Å². The van der Waals surface area contributed by atoms with Crippen LogP contribution in [-0.2, 0) is 20.2 Å². The molecular weight excluding hydrogens is 358 g/mol. The van der Waals surface area contributed by atoms with Gasteiger partial charge in [0, 0.05) is 23.9 Å². The van der Waals surface area contributed by atoms with Crippen molar-refractivity contribution in [3.8, 4) is 5.75 Å². The van der Waals surface area contributed by atoms with E-state index in [1.807, 2.05) is 0 Å². The van der Waals surface area contributed by atoms with E-state index in [-0.39, 0.29) is 22.4 Å². The maximum atomic E-state index is 11.7. The third-order valence-electron chi connectivity index (χ3n) is 3.93. The first-order valence-electron chi connectivity index (χ1n) is 6.73. The topological polar surface area (TPSA) is 141 Å². The van der Waals surface area contributed by atoms with E-state index in [0.717, 1.165) is 12.1 Å². The van der Waals surface area contributed by atoms with Gasteiger partial charge in [0.25, 0.3) is 20.2 Å². The van der Waals surface area contributed by atoms with Crippen molar-refractivity contribution < 1.29 is 31.0 Å². The van der Waals surface area contributed by atoms with Gasteiger partial charge < -0.3 is 10.4 Å². The van der Waals surface area contributed by atoms with Gasteiger partial charge >= 0.3 is 0 Å². The summed E-state index contributed by atoms with van der Waals surface area (Å²) in [6.45, 7) is 2.55. The van der Waals surface area contributed by atoms with Gasteiger partial charge in [0.15, 0.2) is 0 Å². The molecule has 0 heterocycles. The van der Waals surface area contributed by atoms with Crippen LogP contribution in [0.15, 0.2) is 23.1 Å². The lowest BCUT2D eigenvalue weighted by molar-refractivity contribution is 0.459. The Morgan fingerprint density at radius 2 is 1.75 bits per heavy atom. The molecule has 0 aromatic heterocycles. The molecule has 24 heavy (non-hydrogen) atoms. The maximum absolute atomic E-state index is 11.7. The number of nitrogens with one attached hydrogen (secondary N) is 1. The molecule has 0 amide bonds. The largest absolute Gasteiger partial charge is 0.507 e. The van der Waals surface area contributed by atoms with Crippen LogP contribution in [0.3, 0.4) is 0 Å². The van der Waals surface area contributed by atoms with E-state index in [1.165, 1.54) is 33.0 Å². The predicted molar refractivity (Wildman–Crippen MR) is 88.7 cm³/mol. The summed E-state index contributed by atoms with van der Waals surface area (Å²) < 4.78 is 63.3. The highest BCUT2D eigenvalue weighted by Crippen LogP contribution is 2.39. The van der Waals surface area contributed by atoms with Crippen molar-refractivity contribution >= 4 is 32.0 Å². The van der Waals surface area contributed by atoms with Gasteiger partial charge in [-0.3, -0.25) is 9.11 Å². The minimum absolute atomic E-state index is 0.0822. The maximum Gasteiger partial charge on any atom is 0.294 e. The minimum Gasteiger partial charge on any atom is -0.507 e. The molecule has 132 valence electrons. The number of phenolic OH excluding ortho intramolecular Hbond substituents is 1. The lowest BCUT2D eigenvalue weighted by atomic mass is 10.00. The number of rotatable bonds is 3. The Hall–Kier alpha value is -1.88. The Bertz CT molecular complexity index is 975. The van der Waals surface area contributed by atoms with Crippen molar-refractivity contribution in [3.63, 3.8) is 0 Å². The highest BCUT2D eigenvalue weighted by molar-refractivity contribution is 7.87. The highest BCUT2D eigenvalue weighted by Gasteiger charge is 2.36. The third kappa shape index (κ3) is 2.93. The fourth-order valence-electron chi connectivity index (χ4n) is 2.46. The van der Waals surface area contributed by atoms with E-state index in [4.69, 9.17) is 0 Å². The second-order valence-electron chi connectivity index (χ2n) is 5.59. The fraction of sp³-hybridized carbons (Fsp3) is 0.286. The van der Waals surface area contributed by atoms with Crippen LogP contribution in [0, 0.1) is 6.92 Å². The summed E-state index contributed by atoms with van der Waals surface area (Å²) in [5, 5.41) is 13.1. The summed E-state index contributed by atoms with van der Waals surface area (Å²) in [5.41, 5.74) is 0.420. The molecule has 1 aromatic carbocycles. The quantitative estimate of drug-likeness (QED) is 0.577. The number of hydrogen-bond donors (Lipinski definition) is 4. The van der Waals surface area contributed by atoms with Gasteiger partial charge in [-0.1, -0.05) is 12.2 Å². The Morgan fingerprint density at radius 3 is 2.21 bits per heavy atom. The average molecular weight is 375 g/mol. The van der Waals surface area contributed by atoms with E-state index in [2.05, 4.69) is 5.32 Å². The Morgan fingerprint density at radius 1 is 1.17 bits per heavy atom. The first-order chi connectivity index (χ1) is 10.8. The zero-order valence-corrected chi connectivity index (χ0v) is 14.7. The highest BCUT2D eigenvalue weighted by atomic mass is 32.2. The molecular formula is C14H17NO7S2. The Balaban J connectivity index is 2.92. The molecule has 1 aromatic rings. The fourth-order valence-corrected chi connectivity index (χ4v) is 3.73. The standard InChI is InChI=1S/C14H17NO7S2/c1-8-11(23(17,18)19)6-9-4-5-14(2,24(20,21)22)7-10(15-3)12(9)13(8)16/h4-7,15-16H,1-3H3,(H,17,18,19)(H,20,21,22). The monoisotopic (exact) mass is 375 g/mol. The number of fused-ring (bicyclic) bond motifs is 1. The molecule has 0 saturated carbocycles. The number of hydrogen-bond acceptors (Lipinski definition) is 6. The smallest absolute Gasteiger partial charge is 0.294 e. The van der Waals surface area contributed by atoms with Gasteiger partial charge in [0.2, 0.25) is 0 Å². The molecule has 0 fully saturated rings. The van der Waals surface area contributed by atoms with Gasteiger partial charge in [-0.25, -0.2) is 0 Å². The molecule has 8 nitrogen and oxygen atoms in total. The summed E-state index contributed by atoms with van der Waals surface area (Å²) in [7, 11) is -7.62. The second kappa shape index (κ2) is 5.59. The third-order valence-corrected chi connectivity index (χ3v) is 6.28. The summed E-state index contributed by atoms with van der Waals surface area (Å²) in [6.07, 6.45) is 3.63. The molecule has 4 N–H and O–H groups in total. The lowest BCUT2D eigenvalue weighted by Gasteiger charge is -2.19. The van der Waals surface area contributed by atoms with Crippen LogP contribution in [0.2, 0.25) is 0 Å². The van der Waals surface area contributed by atoms with Crippen molar-refractivity contribution in [3.05, 3.63) is 34.9 Å². The summed E-state index contributed by atoms with van der Waals surface area (Å²) in [5.74, 6) is -0.426. The predicted octanol–water partition coefficient (Wildman–Crippen LogP) is 1.18. The van der Waals surface area contributed by atoms with Gasteiger partial charge in [0.05, 0.1) is 0 Å². The van der Waals surface area contributed by atoms with Crippen LogP contribution in [0.5, 0.6) is 5.75 Å². The van der Waals surface area contributed by atoms with Gasteiger partial charge in [0.1, 0.15) is 15.4 Å². The second-order valence-corrected chi connectivity index (χ2v) is 8.81. The molecule has 1 atom stereocenters. The average Bonchev–Trinajstić information content (AvgIpc) is 2.58. The number of benzene rings is 1. The van der Waals surface area contributed by atoms with E-state index in [9.17, 15) is 31.0 Å². The van der Waals surface area contributed by atoms with Crippen molar-refractivity contribution in [2.75, 3.05) is 7.05 Å². The molecule has 0 aliphatic heterocycles. The van der Waals surface area contributed by atoms with Crippen molar-refractivity contribution in [2.24, 2.45) is 0 Å². The normalized spacial score (nSPS) is 21.0. The van der Waals surface area contributed by atoms with Crippen molar-refractivity contribution in [1.82, 2.24) is 5.32 Å². The lowest BCUT2D eigenvalue weighted by Crippen LogP contribution is -2.31. The summed E-state index contributed by atoms with van der Waals surface area (Å²) in [4.78, 5) is -0.491. The first-order valence-corrected chi connectivity index (χ1v) is 9.61. The minimum atomic E-state index is -4.58. The molecule has 2 rings (SSSR count). The van der Waals surface area contributed by atoms with Crippen LogP contribution in [0.4, 0.5) is 0 Å². The van der Waals surface area contributed by atoms with Gasteiger partial charge in [-0.05, 0) is 31.6 Å². The van der Waals surface area contributed by atoms with Gasteiger partial charge in [-0.15, -0.1) is 0 Å². The van der Waals surface area contributed by atoms with Crippen LogP contribution in [0.25, 0.3) is 11.8 Å². The molecule has 10 heteroatoms. The molecule has 0 bridgehead atoms. The van der Waals surface area contributed by atoms with Crippen molar-refractivity contribution in [1.29, 1.82) is 0 Å². The molecule has 1 unspecified atom stereocenters. The Kier molecular flexibility index (Phi) is 4.30. The zero-order chi connectivity index (χ0) is 18.5. The SMILES string of the molecule is CNC1=CC(C)(S(=O)(=O)O)C=Cc2cc(S(=O)(=O)O)c(C)c(O)c21. The van der Waals surface area contributed by atoms with Crippen LogP contribution < -0.4 is 5.32 Å². The van der Waals surface area contributed by atoms with Gasteiger partial charge in [-0.2, -0.15) is 16.8 Å². The van der Waals surface area contributed by atoms with E-state index < -0.39 is 35.6 Å². The number of aromatic hydroxyl groups is 1.